The molecule has 0 atom stereocenters. The van der Waals surface area contributed by atoms with Crippen molar-refractivity contribution in [2.24, 2.45) is 0 Å². The molecule has 0 fully saturated rings. The number of thiophene rings is 1. The molecule has 0 spiro atoms. The van der Waals surface area contributed by atoms with Crippen molar-refractivity contribution in [1.82, 2.24) is 18.9 Å². The van der Waals surface area contributed by atoms with Gasteiger partial charge in [-0.05, 0) is 47.2 Å². The van der Waals surface area contributed by atoms with Crippen LogP contribution in [0.25, 0.3) is 119 Å². The molecule has 0 N–H and O–H groups in total. The second-order valence-corrected chi connectivity index (χ2v) is 15.2. The van der Waals surface area contributed by atoms with E-state index in [0.29, 0.717) is 0 Å². The molecule has 0 bridgehead atoms. The van der Waals surface area contributed by atoms with Gasteiger partial charge in [-0.3, -0.25) is 4.57 Å². The number of rotatable bonds is 2. The van der Waals surface area contributed by atoms with Crippen LogP contribution >= 0.6 is 11.3 Å². The Bertz CT molecular complexity index is 3680. The van der Waals surface area contributed by atoms with E-state index in [1.807, 2.05) is 11.3 Å². The van der Waals surface area contributed by atoms with Crippen LogP contribution in [0.4, 0.5) is 0 Å². The molecule has 0 unspecified atom stereocenters. The van der Waals surface area contributed by atoms with E-state index in [4.69, 9.17) is 9.97 Å². The lowest BCUT2D eigenvalue weighted by atomic mass is 10.0. The Hall–Kier alpha value is -6.82. The zero-order valence-electron chi connectivity index (χ0n) is 28.2. The summed E-state index contributed by atoms with van der Waals surface area (Å²) in [7, 11) is 0. The molecule has 5 heterocycles. The minimum absolute atomic E-state index is 0.836. The first-order chi connectivity index (χ1) is 26.3. The molecular formula is C48H26N4S. The van der Waals surface area contributed by atoms with Crippen molar-refractivity contribution in [2.45, 2.75) is 0 Å². The first kappa shape index (κ1) is 27.8. The maximum atomic E-state index is 5.63. The summed E-state index contributed by atoms with van der Waals surface area (Å²) in [4.78, 5) is 11.2. The van der Waals surface area contributed by atoms with E-state index < -0.39 is 0 Å². The van der Waals surface area contributed by atoms with E-state index in [0.717, 1.165) is 44.4 Å². The van der Waals surface area contributed by atoms with E-state index in [2.05, 4.69) is 167 Å². The predicted molar refractivity (Wildman–Crippen MR) is 224 cm³/mol. The molecule has 5 heteroatoms. The second kappa shape index (κ2) is 9.94. The molecular weight excluding hydrogens is 665 g/mol. The minimum Gasteiger partial charge on any atom is -0.308 e. The van der Waals surface area contributed by atoms with Gasteiger partial charge in [0.05, 0.1) is 43.3 Å². The van der Waals surface area contributed by atoms with Crippen LogP contribution in [-0.4, -0.2) is 18.9 Å². The summed E-state index contributed by atoms with van der Waals surface area (Å²) in [5, 5.41) is 12.3. The summed E-state index contributed by atoms with van der Waals surface area (Å²) in [5.41, 5.74) is 9.65. The molecule has 0 aliphatic heterocycles. The van der Waals surface area contributed by atoms with E-state index in [-0.39, 0.29) is 0 Å². The number of benzene rings is 8. The lowest BCUT2D eigenvalue weighted by Gasteiger charge is -2.15. The van der Waals surface area contributed by atoms with Crippen LogP contribution in [-0.2, 0) is 0 Å². The monoisotopic (exact) mass is 690 g/mol. The van der Waals surface area contributed by atoms with Gasteiger partial charge < -0.3 is 4.40 Å². The molecule has 0 saturated carbocycles. The molecule has 0 amide bonds. The van der Waals surface area contributed by atoms with Gasteiger partial charge in [0, 0.05) is 53.4 Å². The summed E-state index contributed by atoms with van der Waals surface area (Å²) in [6.45, 7) is 0. The molecule has 53 heavy (non-hydrogen) atoms. The summed E-state index contributed by atoms with van der Waals surface area (Å²) in [5.74, 6) is 0.836. The molecule has 0 radical (unpaired) electrons. The zero-order chi connectivity index (χ0) is 34.4. The number of hydrogen-bond donors (Lipinski definition) is 0. The normalized spacial score (nSPS) is 12.5. The highest BCUT2D eigenvalue weighted by molar-refractivity contribution is 7.26. The molecule has 5 aromatic heterocycles. The maximum Gasteiger partial charge on any atom is 0.165 e. The number of aromatic nitrogens is 4. The average molecular weight is 691 g/mol. The van der Waals surface area contributed by atoms with Crippen molar-refractivity contribution in [2.75, 3.05) is 0 Å². The van der Waals surface area contributed by atoms with Crippen molar-refractivity contribution in [1.29, 1.82) is 0 Å². The standard InChI is InChI=1S/C48H26N4S/c1-2-13-28(14-3-1)43-48(49-36-25-24-27-12-4-5-15-29(27)44(36)50-43)52-39-22-11-21-38-42(39)41-34(26-35-31-17-7-9-23-40(31)53-47(35)46(41)52)33-19-10-18-32-30-16-6-8-20-37(30)51(38)45(32)33/h1-26H. The highest BCUT2D eigenvalue weighted by Crippen LogP contribution is 2.50. The van der Waals surface area contributed by atoms with Crippen LogP contribution in [0.1, 0.15) is 0 Å². The van der Waals surface area contributed by atoms with Gasteiger partial charge in [-0.2, -0.15) is 0 Å². The van der Waals surface area contributed by atoms with Crippen LogP contribution < -0.4 is 0 Å². The smallest absolute Gasteiger partial charge is 0.165 e. The Labute approximate surface area is 305 Å². The first-order valence-corrected chi connectivity index (χ1v) is 18.8. The molecule has 13 aromatic rings. The Morgan fingerprint density at radius 3 is 2.06 bits per heavy atom. The lowest BCUT2D eigenvalue weighted by Crippen LogP contribution is -2.04. The van der Waals surface area contributed by atoms with E-state index in [9.17, 15) is 0 Å². The minimum atomic E-state index is 0.836. The first-order valence-electron chi connectivity index (χ1n) is 18.0. The van der Waals surface area contributed by atoms with Gasteiger partial charge >= 0.3 is 0 Å². The molecule has 8 aromatic carbocycles. The van der Waals surface area contributed by atoms with Crippen molar-refractivity contribution >= 4 is 113 Å². The number of hydrogen-bond acceptors (Lipinski definition) is 3. The van der Waals surface area contributed by atoms with Crippen LogP contribution in [0.5, 0.6) is 0 Å². The average Bonchev–Trinajstić information content (AvgIpc) is 3.86. The highest BCUT2D eigenvalue weighted by Gasteiger charge is 2.27. The van der Waals surface area contributed by atoms with Crippen molar-refractivity contribution in [3.05, 3.63) is 158 Å². The lowest BCUT2D eigenvalue weighted by molar-refractivity contribution is 1.09. The fraction of sp³-hybridized carbons (Fsp3) is 0. The largest absolute Gasteiger partial charge is 0.308 e. The van der Waals surface area contributed by atoms with Crippen molar-refractivity contribution in [3.8, 4) is 17.1 Å². The van der Waals surface area contributed by atoms with E-state index >= 15 is 0 Å². The van der Waals surface area contributed by atoms with Crippen molar-refractivity contribution < 1.29 is 0 Å². The Kier molecular flexibility index (Phi) is 5.22. The maximum absolute atomic E-state index is 5.63. The van der Waals surface area contributed by atoms with E-state index in [1.165, 1.54) is 74.6 Å². The van der Waals surface area contributed by atoms with Gasteiger partial charge in [-0.25, -0.2) is 9.97 Å². The van der Waals surface area contributed by atoms with Crippen LogP contribution in [0.2, 0.25) is 0 Å². The molecule has 4 nitrogen and oxygen atoms in total. The SMILES string of the molecule is c1ccc(-c2nc3c(ccc4ccccc43)nc2-n2c3cccc4c3c3c(cc5c6ccccc6sc5c32)c2cccc3c5ccccc5n4c23)cc1. The highest BCUT2D eigenvalue weighted by atomic mass is 32.1. The fourth-order valence-corrected chi connectivity index (χ4v) is 10.5. The molecule has 13 rings (SSSR count). The fourth-order valence-electron chi connectivity index (χ4n) is 9.23. The van der Waals surface area contributed by atoms with Gasteiger partial charge in [0.1, 0.15) is 5.69 Å². The third-order valence-corrected chi connectivity index (χ3v) is 12.6. The van der Waals surface area contributed by atoms with Crippen LogP contribution in [0.3, 0.4) is 0 Å². The third kappa shape index (κ3) is 3.50. The summed E-state index contributed by atoms with van der Waals surface area (Å²) in [6.07, 6.45) is 0. The van der Waals surface area contributed by atoms with Crippen molar-refractivity contribution in [3.63, 3.8) is 0 Å². The van der Waals surface area contributed by atoms with Gasteiger partial charge in [-0.1, -0.05) is 121 Å². The second-order valence-electron chi connectivity index (χ2n) is 14.1. The van der Waals surface area contributed by atoms with E-state index in [1.54, 1.807) is 0 Å². The molecule has 0 saturated heterocycles. The predicted octanol–water partition coefficient (Wildman–Crippen LogP) is 13.1. The zero-order valence-corrected chi connectivity index (χ0v) is 29.0. The Balaban J connectivity index is 1.34. The number of nitrogens with zero attached hydrogens (tertiary/aromatic N) is 4. The van der Waals surface area contributed by atoms with Gasteiger partial charge in [0.2, 0.25) is 0 Å². The van der Waals surface area contributed by atoms with Gasteiger partial charge in [-0.15, -0.1) is 11.3 Å². The molecule has 0 aliphatic rings. The molecule has 0 aliphatic carbocycles. The number of fused-ring (bicyclic) bond motifs is 12. The topological polar surface area (TPSA) is 35.1 Å². The van der Waals surface area contributed by atoms with Gasteiger partial charge in [0.25, 0.3) is 0 Å². The summed E-state index contributed by atoms with van der Waals surface area (Å²) >= 11 is 1.87. The van der Waals surface area contributed by atoms with Crippen LogP contribution in [0.15, 0.2) is 158 Å². The number of para-hydroxylation sites is 2. The summed E-state index contributed by atoms with van der Waals surface area (Å²) < 4.78 is 7.49. The summed E-state index contributed by atoms with van der Waals surface area (Å²) in [6, 6.07) is 57.1. The molecule has 244 valence electrons. The Morgan fingerprint density at radius 2 is 1.15 bits per heavy atom. The Morgan fingerprint density at radius 1 is 0.453 bits per heavy atom. The van der Waals surface area contributed by atoms with Gasteiger partial charge in [0.15, 0.2) is 5.82 Å². The quantitative estimate of drug-likeness (QED) is 0.169. The van der Waals surface area contributed by atoms with Crippen LogP contribution in [0, 0.1) is 0 Å². The third-order valence-electron chi connectivity index (χ3n) is 11.4.